The molecule has 1 unspecified atom stereocenters. The van der Waals surface area contributed by atoms with E-state index in [4.69, 9.17) is 5.73 Å². The van der Waals surface area contributed by atoms with Crippen LogP contribution in [0.1, 0.15) is 37.8 Å². The first-order valence-corrected chi connectivity index (χ1v) is 6.99. The van der Waals surface area contributed by atoms with Crippen LogP contribution in [0, 0.1) is 19.8 Å². The molecule has 2 N–H and O–H groups in total. The molecule has 1 fully saturated rings. The van der Waals surface area contributed by atoms with Crippen molar-refractivity contribution in [1.29, 1.82) is 0 Å². The van der Waals surface area contributed by atoms with Gasteiger partial charge in [0, 0.05) is 17.8 Å². The molecule has 0 spiro atoms. The van der Waals surface area contributed by atoms with Crippen molar-refractivity contribution in [3.63, 3.8) is 0 Å². The lowest BCUT2D eigenvalue weighted by atomic mass is 9.82. The molecule has 2 heteroatoms. The Balaban J connectivity index is 2.27. The van der Waals surface area contributed by atoms with Gasteiger partial charge in [0.15, 0.2) is 0 Å². The number of hydrogen-bond donors (Lipinski definition) is 1. The predicted molar refractivity (Wildman–Crippen MR) is 79.1 cm³/mol. The molecule has 1 saturated heterocycles. The van der Waals surface area contributed by atoms with Gasteiger partial charge in [-0.2, -0.15) is 0 Å². The van der Waals surface area contributed by atoms with Gasteiger partial charge in [-0.15, -0.1) is 0 Å². The van der Waals surface area contributed by atoms with Gasteiger partial charge in [-0.25, -0.2) is 0 Å². The Labute approximate surface area is 111 Å². The van der Waals surface area contributed by atoms with Crippen molar-refractivity contribution in [1.82, 2.24) is 0 Å². The maximum absolute atomic E-state index is 5.84. The minimum absolute atomic E-state index is 0.211. The Bertz CT molecular complexity index is 423. The van der Waals surface area contributed by atoms with E-state index in [0.29, 0.717) is 5.92 Å². The van der Waals surface area contributed by atoms with Gasteiger partial charge in [-0.05, 0) is 64.6 Å². The smallest absolute Gasteiger partial charge is 0.0400 e. The van der Waals surface area contributed by atoms with Crippen molar-refractivity contribution < 1.29 is 0 Å². The zero-order chi connectivity index (χ0) is 13.3. The summed E-state index contributed by atoms with van der Waals surface area (Å²) in [6.07, 6.45) is 2.41. The van der Waals surface area contributed by atoms with Crippen LogP contribution in [-0.4, -0.2) is 18.6 Å². The molecule has 1 aromatic carbocycles. The molecule has 0 aliphatic carbocycles. The summed E-state index contributed by atoms with van der Waals surface area (Å²) in [6, 6.07) is 6.77. The summed E-state index contributed by atoms with van der Waals surface area (Å²) >= 11 is 0. The summed E-state index contributed by atoms with van der Waals surface area (Å²) in [5, 5.41) is 0. The minimum atomic E-state index is 0.211. The van der Waals surface area contributed by atoms with Crippen LogP contribution in [0.25, 0.3) is 0 Å². The van der Waals surface area contributed by atoms with E-state index < -0.39 is 0 Å². The molecule has 2 nitrogen and oxygen atoms in total. The average molecular weight is 246 g/mol. The minimum Gasteiger partial charge on any atom is -0.366 e. The van der Waals surface area contributed by atoms with Crippen molar-refractivity contribution in [3.05, 3.63) is 29.3 Å². The van der Waals surface area contributed by atoms with Gasteiger partial charge in [0.25, 0.3) is 0 Å². The first kappa shape index (κ1) is 13.4. The maximum Gasteiger partial charge on any atom is 0.0400 e. The Kier molecular flexibility index (Phi) is 3.67. The van der Waals surface area contributed by atoms with Gasteiger partial charge in [0.05, 0.1) is 0 Å². The molecule has 100 valence electrons. The first-order chi connectivity index (χ1) is 8.44. The zero-order valence-corrected chi connectivity index (χ0v) is 12.2. The van der Waals surface area contributed by atoms with Crippen LogP contribution in [0.15, 0.2) is 18.2 Å². The van der Waals surface area contributed by atoms with Crippen molar-refractivity contribution in [3.8, 4) is 0 Å². The van der Waals surface area contributed by atoms with Crippen LogP contribution in [0.4, 0.5) is 5.69 Å². The summed E-state index contributed by atoms with van der Waals surface area (Å²) in [5.74, 6) is 0.682. The van der Waals surface area contributed by atoms with Gasteiger partial charge in [0.1, 0.15) is 0 Å². The summed E-state index contributed by atoms with van der Waals surface area (Å²) < 4.78 is 0. The lowest BCUT2D eigenvalue weighted by molar-refractivity contribution is 0.278. The third-order valence-electron chi connectivity index (χ3n) is 4.26. The monoisotopic (exact) mass is 246 g/mol. The fourth-order valence-corrected chi connectivity index (χ4v) is 3.29. The average Bonchev–Trinajstić information content (AvgIpc) is 2.29. The van der Waals surface area contributed by atoms with Crippen LogP contribution in [-0.2, 0) is 0 Å². The standard InChI is InChI=1S/C16H26N2/c1-12-5-6-15(13(2)9-12)18-8-7-14(11-17)10-16(18,3)4/h5-6,9,14H,7-8,10-11,17H2,1-4H3. The molecule has 1 heterocycles. The molecule has 1 aliphatic rings. The molecular formula is C16H26N2. The van der Waals surface area contributed by atoms with Crippen molar-refractivity contribution >= 4 is 5.69 Å². The highest BCUT2D eigenvalue weighted by Gasteiger charge is 2.34. The number of piperidine rings is 1. The molecule has 0 aromatic heterocycles. The summed E-state index contributed by atoms with van der Waals surface area (Å²) in [6.45, 7) is 11.0. The van der Waals surface area contributed by atoms with E-state index in [-0.39, 0.29) is 5.54 Å². The van der Waals surface area contributed by atoms with E-state index in [1.165, 1.54) is 29.7 Å². The van der Waals surface area contributed by atoms with E-state index in [0.717, 1.165) is 13.1 Å². The Morgan fingerprint density at radius 2 is 2.06 bits per heavy atom. The second-order valence-corrected chi connectivity index (χ2v) is 6.35. The number of nitrogens with zero attached hydrogens (tertiary/aromatic N) is 1. The normalized spacial score (nSPS) is 23.2. The molecule has 0 radical (unpaired) electrons. The molecule has 1 atom stereocenters. The maximum atomic E-state index is 5.84. The van der Waals surface area contributed by atoms with Crippen LogP contribution < -0.4 is 10.6 Å². The van der Waals surface area contributed by atoms with Gasteiger partial charge in [-0.3, -0.25) is 0 Å². The summed E-state index contributed by atoms with van der Waals surface area (Å²) in [7, 11) is 0. The largest absolute Gasteiger partial charge is 0.366 e. The summed E-state index contributed by atoms with van der Waals surface area (Å²) in [4.78, 5) is 2.56. The highest BCUT2D eigenvalue weighted by atomic mass is 15.2. The van der Waals surface area contributed by atoms with Gasteiger partial charge in [-0.1, -0.05) is 17.7 Å². The second kappa shape index (κ2) is 4.93. The number of anilines is 1. The quantitative estimate of drug-likeness (QED) is 0.868. The number of hydrogen-bond acceptors (Lipinski definition) is 2. The highest BCUT2D eigenvalue weighted by Crippen LogP contribution is 2.36. The molecular weight excluding hydrogens is 220 g/mol. The Morgan fingerprint density at radius 1 is 1.33 bits per heavy atom. The molecule has 1 aromatic rings. The van der Waals surface area contributed by atoms with Crippen molar-refractivity contribution in [2.45, 2.75) is 46.1 Å². The molecule has 0 saturated carbocycles. The number of aryl methyl sites for hydroxylation is 2. The van der Waals surface area contributed by atoms with Crippen molar-refractivity contribution in [2.24, 2.45) is 11.7 Å². The summed E-state index contributed by atoms with van der Waals surface area (Å²) in [5.41, 5.74) is 10.2. The van der Waals surface area contributed by atoms with E-state index in [1.54, 1.807) is 0 Å². The molecule has 0 amide bonds. The number of rotatable bonds is 2. The van der Waals surface area contributed by atoms with Crippen LogP contribution in [0.2, 0.25) is 0 Å². The number of benzene rings is 1. The Morgan fingerprint density at radius 3 is 2.61 bits per heavy atom. The first-order valence-electron chi connectivity index (χ1n) is 6.99. The second-order valence-electron chi connectivity index (χ2n) is 6.35. The van der Waals surface area contributed by atoms with Crippen LogP contribution >= 0.6 is 0 Å². The van der Waals surface area contributed by atoms with Crippen LogP contribution in [0.3, 0.4) is 0 Å². The fraction of sp³-hybridized carbons (Fsp3) is 0.625. The Hall–Kier alpha value is -1.02. The van der Waals surface area contributed by atoms with E-state index in [9.17, 15) is 0 Å². The third-order valence-corrected chi connectivity index (χ3v) is 4.26. The van der Waals surface area contributed by atoms with E-state index in [2.05, 4.69) is 50.8 Å². The van der Waals surface area contributed by atoms with Gasteiger partial charge in [0.2, 0.25) is 0 Å². The number of nitrogens with two attached hydrogens (primary N) is 1. The third kappa shape index (κ3) is 2.54. The highest BCUT2D eigenvalue weighted by molar-refractivity contribution is 5.56. The lowest BCUT2D eigenvalue weighted by Gasteiger charge is -2.47. The topological polar surface area (TPSA) is 29.3 Å². The van der Waals surface area contributed by atoms with Gasteiger partial charge < -0.3 is 10.6 Å². The SMILES string of the molecule is Cc1ccc(N2CCC(CN)CC2(C)C)c(C)c1. The van der Waals surface area contributed by atoms with Crippen molar-refractivity contribution in [2.75, 3.05) is 18.0 Å². The van der Waals surface area contributed by atoms with Crippen LogP contribution in [0.5, 0.6) is 0 Å². The van der Waals surface area contributed by atoms with E-state index in [1.807, 2.05) is 0 Å². The fourth-order valence-electron chi connectivity index (χ4n) is 3.29. The van der Waals surface area contributed by atoms with E-state index >= 15 is 0 Å². The molecule has 18 heavy (non-hydrogen) atoms. The zero-order valence-electron chi connectivity index (χ0n) is 12.2. The predicted octanol–water partition coefficient (Wildman–Crippen LogP) is 3.26. The molecule has 2 rings (SSSR count). The lowest BCUT2D eigenvalue weighted by Crippen LogP contribution is -2.51. The molecule has 0 bridgehead atoms. The van der Waals surface area contributed by atoms with Gasteiger partial charge >= 0.3 is 0 Å². The molecule has 1 aliphatic heterocycles.